The number of thiocarbonyl (C=S) groups is 1. The fraction of sp³-hybridized carbons (Fsp3) is 0.500. The number of nitrogens with two attached hydrogens (primary N) is 1. The maximum atomic E-state index is 12.4. The largest absolute Gasteiger partial charge is 0.392 e. The highest BCUT2D eigenvalue weighted by Crippen LogP contribution is 2.30. The van der Waals surface area contributed by atoms with Gasteiger partial charge in [0.15, 0.2) is 0 Å². The highest BCUT2D eigenvalue weighted by atomic mass is 32.2. The molecule has 3 N–H and O–H groups in total. The van der Waals surface area contributed by atoms with E-state index in [1.807, 2.05) is 18.2 Å². The average Bonchev–Trinajstić information content (AvgIpc) is 2.38. The summed E-state index contributed by atoms with van der Waals surface area (Å²) in [4.78, 5) is 0.0316. The van der Waals surface area contributed by atoms with E-state index in [0.29, 0.717) is 6.42 Å². The van der Waals surface area contributed by atoms with Crippen LogP contribution in [0.1, 0.15) is 43.4 Å². The van der Waals surface area contributed by atoms with E-state index in [1.54, 1.807) is 6.92 Å². The minimum absolute atomic E-state index is 0.0316. The minimum atomic E-state index is -3.53. The van der Waals surface area contributed by atoms with Crippen LogP contribution in [0.4, 0.5) is 0 Å². The first-order valence-corrected chi connectivity index (χ1v) is 8.79. The van der Waals surface area contributed by atoms with Crippen molar-refractivity contribution >= 4 is 27.2 Å². The van der Waals surface area contributed by atoms with Gasteiger partial charge in [0.1, 0.15) is 5.25 Å². The Kier molecular flexibility index (Phi) is 4.78. The Labute approximate surface area is 125 Å². The van der Waals surface area contributed by atoms with E-state index < -0.39 is 15.3 Å². The predicted molar refractivity (Wildman–Crippen MR) is 85.0 cm³/mol. The van der Waals surface area contributed by atoms with Gasteiger partial charge in [0, 0.05) is 6.04 Å². The Hall–Kier alpha value is -0.980. The van der Waals surface area contributed by atoms with E-state index in [2.05, 4.69) is 10.8 Å². The number of sulfonamides is 1. The quantitative estimate of drug-likeness (QED) is 0.816. The van der Waals surface area contributed by atoms with E-state index in [9.17, 15) is 8.42 Å². The number of rotatable bonds is 5. The van der Waals surface area contributed by atoms with Gasteiger partial charge in [0.25, 0.3) is 0 Å². The molecule has 2 unspecified atom stereocenters. The third kappa shape index (κ3) is 3.19. The molecule has 1 aromatic carbocycles. The zero-order valence-corrected chi connectivity index (χ0v) is 13.1. The summed E-state index contributed by atoms with van der Waals surface area (Å²) in [6.45, 7) is 1.78. The monoisotopic (exact) mass is 312 g/mol. The molecule has 0 saturated carbocycles. The molecule has 1 aliphatic carbocycles. The van der Waals surface area contributed by atoms with Gasteiger partial charge in [-0.3, -0.25) is 0 Å². The second kappa shape index (κ2) is 6.20. The summed E-state index contributed by atoms with van der Waals surface area (Å²) in [6.07, 6.45) is 3.18. The molecule has 110 valence electrons. The maximum absolute atomic E-state index is 12.4. The third-order valence-electron chi connectivity index (χ3n) is 3.74. The first-order chi connectivity index (χ1) is 9.45. The first kappa shape index (κ1) is 15.4. The molecule has 0 amide bonds. The normalized spacial score (nSPS) is 20.1. The summed E-state index contributed by atoms with van der Waals surface area (Å²) < 4.78 is 27.6. The smallest absolute Gasteiger partial charge is 0.221 e. The van der Waals surface area contributed by atoms with Gasteiger partial charge in [0.05, 0.1) is 4.99 Å². The van der Waals surface area contributed by atoms with Gasteiger partial charge in [-0.15, -0.1) is 0 Å². The van der Waals surface area contributed by atoms with Crippen molar-refractivity contribution in [3.8, 4) is 0 Å². The summed E-state index contributed by atoms with van der Waals surface area (Å²) >= 11 is 4.87. The van der Waals surface area contributed by atoms with Crippen LogP contribution in [-0.2, 0) is 16.4 Å². The van der Waals surface area contributed by atoms with Gasteiger partial charge in [-0.1, -0.05) is 43.4 Å². The second-order valence-corrected chi connectivity index (χ2v) is 7.47. The second-order valence-electron chi connectivity index (χ2n) is 5.11. The van der Waals surface area contributed by atoms with Crippen molar-refractivity contribution in [1.82, 2.24) is 4.72 Å². The molecule has 0 fully saturated rings. The van der Waals surface area contributed by atoms with Gasteiger partial charge in [-0.25, -0.2) is 13.1 Å². The molecule has 2 rings (SSSR count). The molecular formula is C14H20N2O2S2. The van der Waals surface area contributed by atoms with Crippen LogP contribution in [0.3, 0.4) is 0 Å². The summed E-state index contributed by atoms with van der Waals surface area (Å²) in [6, 6.07) is 7.80. The molecule has 1 aliphatic rings. The standard InChI is InChI=1S/C14H20N2O2S2/c1-2-13(14(15)19)20(17,18)16-12-9-5-7-10-6-3-4-8-11(10)12/h3-4,6,8,12-13,16H,2,5,7,9H2,1H3,(H2,15,19). The average molecular weight is 312 g/mol. The van der Waals surface area contributed by atoms with E-state index >= 15 is 0 Å². The summed E-state index contributed by atoms with van der Waals surface area (Å²) in [5.74, 6) is 0. The van der Waals surface area contributed by atoms with Crippen molar-refractivity contribution in [1.29, 1.82) is 0 Å². The van der Waals surface area contributed by atoms with Crippen LogP contribution >= 0.6 is 12.2 Å². The molecule has 2 atom stereocenters. The lowest BCUT2D eigenvalue weighted by Gasteiger charge is -2.27. The van der Waals surface area contributed by atoms with Crippen LogP contribution in [-0.4, -0.2) is 18.7 Å². The molecule has 0 heterocycles. The number of benzene rings is 1. The van der Waals surface area contributed by atoms with E-state index in [-0.39, 0.29) is 11.0 Å². The Morgan fingerprint density at radius 2 is 2.20 bits per heavy atom. The predicted octanol–water partition coefficient (Wildman–Crippen LogP) is 2.05. The molecule has 1 aromatic rings. The van der Waals surface area contributed by atoms with Crippen molar-refractivity contribution < 1.29 is 8.42 Å². The van der Waals surface area contributed by atoms with Crippen molar-refractivity contribution in [2.24, 2.45) is 5.73 Å². The zero-order chi connectivity index (χ0) is 14.8. The Morgan fingerprint density at radius 1 is 1.50 bits per heavy atom. The summed E-state index contributed by atoms with van der Waals surface area (Å²) in [5.41, 5.74) is 7.83. The number of hydrogen-bond acceptors (Lipinski definition) is 3. The SMILES string of the molecule is CCC(C(N)=S)S(=O)(=O)NC1CCCc2ccccc21. The first-order valence-electron chi connectivity index (χ1n) is 6.84. The maximum Gasteiger partial charge on any atom is 0.221 e. The Bertz CT molecular complexity index is 599. The fourth-order valence-electron chi connectivity index (χ4n) is 2.73. The number of nitrogens with one attached hydrogen (secondary N) is 1. The van der Waals surface area contributed by atoms with Gasteiger partial charge in [-0.2, -0.15) is 0 Å². The van der Waals surface area contributed by atoms with Crippen molar-refractivity contribution in [2.45, 2.75) is 43.9 Å². The van der Waals surface area contributed by atoms with Crippen molar-refractivity contribution in [3.63, 3.8) is 0 Å². The van der Waals surface area contributed by atoms with Gasteiger partial charge in [-0.05, 0) is 36.8 Å². The molecule has 0 aromatic heterocycles. The lowest BCUT2D eigenvalue weighted by molar-refractivity contribution is 0.504. The number of hydrogen-bond donors (Lipinski definition) is 2. The molecule has 4 nitrogen and oxygen atoms in total. The molecule has 0 saturated heterocycles. The molecule has 0 aliphatic heterocycles. The van der Waals surface area contributed by atoms with E-state index in [0.717, 1.165) is 24.8 Å². The lowest BCUT2D eigenvalue weighted by atomic mass is 9.88. The van der Waals surface area contributed by atoms with Gasteiger partial charge in [0.2, 0.25) is 10.0 Å². The minimum Gasteiger partial charge on any atom is -0.392 e. The van der Waals surface area contributed by atoms with Crippen molar-refractivity contribution in [3.05, 3.63) is 35.4 Å². The van der Waals surface area contributed by atoms with Crippen LogP contribution in [0.2, 0.25) is 0 Å². The highest BCUT2D eigenvalue weighted by molar-refractivity contribution is 7.93. The molecule has 20 heavy (non-hydrogen) atoms. The topological polar surface area (TPSA) is 72.2 Å². The van der Waals surface area contributed by atoms with Crippen LogP contribution in [0.25, 0.3) is 0 Å². The summed E-state index contributed by atoms with van der Waals surface area (Å²) in [7, 11) is -3.53. The molecule has 0 bridgehead atoms. The van der Waals surface area contributed by atoms with Gasteiger partial charge >= 0.3 is 0 Å². The Morgan fingerprint density at radius 3 is 2.85 bits per heavy atom. The summed E-state index contributed by atoms with van der Waals surface area (Å²) in [5, 5.41) is -0.799. The lowest BCUT2D eigenvalue weighted by Crippen LogP contribution is -2.43. The van der Waals surface area contributed by atoms with Crippen molar-refractivity contribution in [2.75, 3.05) is 0 Å². The molecule has 0 spiro atoms. The van der Waals surface area contributed by atoms with E-state index in [4.69, 9.17) is 18.0 Å². The third-order valence-corrected chi connectivity index (χ3v) is 6.12. The van der Waals surface area contributed by atoms with Crippen LogP contribution in [0.5, 0.6) is 0 Å². The van der Waals surface area contributed by atoms with Crippen LogP contribution in [0, 0.1) is 0 Å². The van der Waals surface area contributed by atoms with Gasteiger partial charge < -0.3 is 5.73 Å². The van der Waals surface area contributed by atoms with Crippen LogP contribution < -0.4 is 10.5 Å². The molecular weight excluding hydrogens is 292 g/mol. The number of aryl methyl sites for hydroxylation is 1. The van der Waals surface area contributed by atoms with E-state index in [1.165, 1.54) is 5.56 Å². The fourth-order valence-corrected chi connectivity index (χ4v) is 4.83. The zero-order valence-electron chi connectivity index (χ0n) is 11.5. The molecule has 0 radical (unpaired) electrons. The highest BCUT2D eigenvalue weighted by Gasteiger charge is 2.31. The Balaban J connectivity index is 2.25. The number of fused-ring (bicyclic) bond motifs is 1. The van der Waals surface area contributed by atoms with Crippen LogP contribution in [0.15, 0.2) is 24.3 Å². The molecule has 6 heteroatoms.